The van der Waals surface area contributed by atoms with Gasteiger partial charge in [-0.2, -0.15) is 0 Å². The maximum absolute atomic E-state index is 10.3. The summed E-state index contributed by atoms with van der Waals surface area (Å²) in [6.45, 7) is 8.84. The van der Waals surface area contributed by atoms with Crippen LogP contribution in [0.1, 0.15) is 40.5 Å². The smallest absolute Gasteiger partial charge is 0.0678 e. The Bertz CT molecular complexity index is 205. The third-order valence-electron chi connectivity index (χ3n) is 4.81. The lowest BCUT2D eigenvalue weighted by Gasteiger charge is -2.65. The van der Waals surface area contributed by atoms with Crippen LogP contribution in [0, 0.1) is 23.2 Å². The summed E-state index contributed by atoms with van der Waals surface area (Å²) >= 11 is 0. The first kappa shape index (κ1) is 8.55. The van der Waals surface area contributed by atoms with Crippen molar-refractivity contribution in [1.29, 1.82) is 0 Å². The third-order valence-corrected chi connectivity index (χ3v) is 4.81. The van der Waals surface area contributed by atoms with Crippen LogP contribution in [0.3, 0.4) is 0 Å². The zero-order valence-electron chi connectivity index (χ0n) is 8.59. The molecule has 0 unspecified atom stereocenters. The summed E-state index contributed by atoms with van der Waals surface area (Å²) in [6.07, 6.45) is 2.47. The summed E-state index contributed by atoms with van der Waals surface area (Å²) in [6, 6.07) is 0. The van der Waals surface area contributed by atoms with Gasteiger partial charge in [0, 0.05) is 0 Å². The van der Waals surface area contributed by atoms with Gasteiger partial charge < -0.3 is 5.11 Å². The molecule has 3 saturated carbocycles. The van der Waals surface area contributed by atoms with Crippen LogP contribution in [-0.2, 0) is 0 Å². The quantitative estimate of drug-likeness (QED) is 0.589. The van der Waals surface area contributed by atoms with Crippen molar-refractivity contribution in [3.8, 4) is 0 Å². The Balaban J connectivity index is 2.27. The van der Waals surface area contributed by atoms with E-state index in [1.807, 2.05) is 6.92 Å². The van der Waals surface area contributed by atoms with E-state index in [2.05, 4.69) is 20.8 Å². The van der Waals surface area contributed by atoms with Crippen LogP contribution < -0.4 is 0 Å². The molecule has 3 aliphatic carbocycles. The van der Waals surface area contributed by atoms with Gasteiger partial charge in [-0.05, 0) is 42.9 Å². The third kappa shape index (κ3) is 0.783. The Hall–Kier alpha value is -0.0400. The van der Waals surface area contributed by atoms with Crippen molar-refractivity contribution < 1.29 is 5.11 Å². The first-order valence-corrected chi connectivity index (χ1v) is 5.09. The molecule has 70 valence electrons. The van der Waals surface area contributed by atoms with Crippen LogP contribution >= 0.6 is 0 Å². The average molecular weight is 168 g/mol. The maximum Gasteiger partial charge on any atom is 0.0678 e. The topological polar surface area (TPSA) is 20.2 Å². The molecule has 2 bridgehead atoms. The van der Waals surface area contributed by atoms with Crippen LogP contribution in [-0.4, -0.2) is 10.7 Å². The van der Waals surface area contributed by atoms with Crippen molar-refractivity contribution in [2.45, 2.75) is 46.1 Å². The molecule has 3 rings (SSSR count). The summed E-state index contributed by atoms with van der Waals surface area (Å²) in [7, 11) is 0. The second-order valence-electron chi connectivity index (χ2n) is 5.67. The van der Waals surface area contributed by atoms with Crippen LogP contribution in [0.2, 0.25) is 0 Å². The van der Waals surface area contributed by atoms with Crippen molar-refractivity contribution in [3.63, 3.8) is 0 Å². The molecule has 12 heavy (non-hydrogen) atoms. The lowest BCUT2D eigenvalue weighted by atomic mass is 9.42. The fourth-order valence-corrected chi connectivity index (χ4v) is 3.42. The number of rotatable bonds is 0. The highest BCUT2D eigenvalue weighted by Crippen LogP contribution is 2.64. The van der Waals surface area contributed by atoms with Crippen molar-refractivity contribution >= 4 is 0 Å². The molecule has 3 aliphatic rings. The van der Waals surface area contributed by atoms with Crippen LogP contribution in [0.5, 0.6) is 0 Å². The van der Waals surface area contributed by atoms with Gasteiger partial charge >= 0.3 is 0 Å². The molecule has 0 spiro atoms. The largest absolute Gasteiger partial charge is 0.390 e. The van der Waals surface area contributed by atoms with Gasteiger partial charge in [-0.15, -0.1) is 0 Å². The lowest BCUT2D eigenvalue weighted by Crippen LogP contribution is -2.63. The molecule has 0 amide bonds. The van der Waals surface area contributed by atoms with Crippen molar-refractivity contribution in [2.75, 3.05) is 0 Å². The second kappa shape index (κ2) is 2.06. The van der Waals surface area contributed by atoms with Gasteiger partial charge in [0.2, 0.25) is 0 Å². The van der Waals surface area contributed by atoms with E-state index < -0.39 is 5.60 Å². The molecule has 1 heteroatoms. The second-order valence-corrected chi connectivity index (χ2v) is 5.67. The standard InChI is InChI=1S/C11H20O/c1-7-5-8-6-9(10(8,2)3)11(7,4)12/h7-9,12H,5-6H2,1-4H3/t7-,8-,9+,11+/m0/s1. The zero-order chi connectivity index (χ0) is 9.15. The normalized spacial score (nSPS) is 56.2. The highest BCUT2D eigenvalue weighted by molar-refractivity contribution is 5.10. The summed E-state index contributed by atoms with van der Waals surface area (Å²) in [5.41, 5.74) is -0.00569. The Morgan fingerprint density at radius 3 is 2.08 bits per heavy atom. The number of aliphatic hydroxyl groups is 1. The van der Waals surface area contributed by atoms with Crippen LogP contribution in [0.4, 0.5) is 0 Å². The molecule has 0 radical (unpaired) electrons. The van der Waals surface area contributed by atoms with E-state index in [0.717, 1.165) is 5.92 Å². The first-order valence-electron chi connectivity index (χ1n) is 5.09. The van der Waals surface area contributed by atoms with Crippen molar-refractivity contribution in [1.82, 2.24) is 0 Å². The Morgan fingerprint density at radius 1 is 1.17 bits per heavy atom. The van der Waals surface area contributed by atoms with Gasteiger partial charge in [0.1, 0.15) is 0 Å². The maximum atomic E-state index is 10.3. The molecule has 3 fully saturated rings. The predicted octanol–water partition coefficient (Wildman–Crippen LogP) is 2.44. The fourth-order valence-electron chi connectivity index (χ4n) is 3.42. The van der Waals surface area contributed by atoms with Gasteiger partial charge in [0.25, 0.3) is 0 Å². The minimum Gasteiger partial charge on any atom is -0.390 e. The molecule has 0 heterocycles. The molecular formula is C11H20O. The summed E-state index contributed by atoms with van der Waals surface area (Å²) in [4.78, 5) is 0. The Morgan fingerprint density at radius 2 is 1.75 bits per heavy atom. The van der Waals surface area contributed by atoms with Gasteiger partial charge in [0.05, 0.1) is 5.60 Å². The minimum atomic E-state index is -0.405. The molecule has 0 aromatic heterocycles. The number of hydrogen-bond donors (Lipinski definition) is 1. The van der Waals surface area contributed by atoms with E-state index in [4.69, 9.17) is 0 Å². The van der Waals surface area contributed by atoms with Crippen LogP contribution in [0.25, 0.3) is 0 Å². The minimum absolute atomic E-state index is 0.399. The predicted molar refractivity (Wildman–Crippen MR) is 49.8 cm³/mol. The monoisotopic (exact) mass is 168 g/mol. The lowest BCUT2D eigenvalue weighted by molar-refractivity contribution is -0.220. The fraction of sp³-hybridized carbons (Fsp3) is 1.00. The number of hydrogen-bond acceptors (Lipinski definition) is 1. The first-order chi connectivity index (χ1) is 5.37. The Kier molecular flexibility index (Phi) is 1.47. The molecule has 0 saturated heterocycles. The van der Waals surface area contributed by atoms with Gasteiger partial charge in [-0.3, -0.25) is 0 Å². The van der Waals surface area contributed by atoms with E-state index in [1.54, 1.807) is 0 Å². The van der Waals surface area contributed by atoms with E-state index in [-0.39, 0.29) is 0 Å². The van der Waals surface area contributed by atoms with Gasteiger partial charge in [0.15, 0.2) is 0 Å². The summed E-state index contributed by atoms with van der Waals surface area (Å²) in [5.74, 6) is 1.91. The molecule has 0 aliphatic heterocycles. The number of fused-ring (bicyclic) bond motifs is 2. The van der Waals surface area contributed by atoms with E-state index in [1.165, 1.54) is 12.8 Å². The highest BCUT2D eigenvalue weighted by atomic mass is 16.3. The molecule has 4 atom stereocenters. The average Bonchev–Trinajstić information content (AvgIpc) is 1.93. The summed E-state index contributed by atoms with van der Waals surface area (Å²) in [5, 5.41) is 10.3. The van der Waals surface area contributed by atoms with Crippen molar-refractivity contribution in [2.24, 2.45) is 23.2 Å². The molecule has 0 aromatic carbocycles. The highest BCUT2D eigenvalue weighted by Gasteiger charge is 2.61. The van der Waals surface area contributed by atoms with E-state index in [0.29, 0.717) is 17.3 Å². The molecule has 0 aromatic rings. The van der Waals surface area contributed by atoms with Crippen molar-refractivity contribution in [3.05, 3.63) is 0 Å². The Labute approximate surface area is 75.2 Å². The molecular weight excluding hydrogens is 148 g/mol. The van der Waals surface area contributed by atoms with E-state index in [9.17, 15) is 5.11 Å². The summed E-state index contributed by atoms with van der Waals surface area (Å²) < 4.78 is 0. The SMILES string of the molecule is C[C@H]1C[C@H]2C[C@H](C2(C)C)[C@]1(C)O. The van der Waals surface area contributed by atoms with E-state index >= 15 is 0 Å². The van der Waals surface area contributed by atoms with Crippen LogP contribution in [0.15, 0.2) is 0 Å². The van der Waals surface area contributed by atoms with Gasteiger partial charge in [-0.25, -0.2) is 0 Å². The molecule has 1 N–H and O–H groups in total. The molecule has 1 nitrogen and oxygen atoms in total. The van der Waals surface area contributed by atoms with Gasteiger partial charge in [-0.1, -0.05) is 20.8 Å². The zero-order valence-corrected chi connectivity index (χ0v) is 8.59.